The third-order valence-corrected chi connectivity index (χ3v) is 5.80. The van der Waals surface area contributed by atoms with E-state index in [1.165, 1.54) is 34.4 Å². The number of hydrogen-bond acceptors (Lipinski definition) is 6. The zero-order chi connectivity index (χ0) is 22.9. The van der Waals surface area contributed by atoms with Gasteiger partial charge in [0.25, 0.3) is 5.91 Å². The summed E-state index contributed by atoms with van der Waals surface area (Å²) in [5.41, 5.74) is -1.07. The van der Waals surface area contributed by atoms with Crippen LogP contribution in [0.15, 0.2) is 54.7 Å². The lowest BCUT2D eigenvalue weighted by molar-refractivity contribution is -0.136. The van der Waals surface area contributed by atoms with Crippen LogP contribution in [0, 0.1) is 0 Å². The van der Waals surface area contributed by atoms with E-state index in [2.05, 4.69) is 9.97 Å². The lowest BCUT2D eigenvalue weighted by Crippen LogP contribution is -2.34. The molecule has 4 aromatic rings. The van der Waals surface area contributed by atoms with E-state index in [0.717, 1.165) is 10.9 Å². The first-order valence-electron chi connectivity index (χ1n) is 9.57. The van der Waals surface area contributed by atoms with E-state index >= 15 is 0 Å². The summed E-state index contributed by atoms with van der Waals surface area (Å²) < 4.78 is 47.0. The molecule has 0 aliphatic heterocycles. The van der Waals surface area contributed by atoms with Crippen LogP contribution in [-0.2, 0) is 15.7 Å². The minimum atomic E-state index is -4.81. The molecule has 0 radical (unpaired) electrons. The van der Waals surface area contributed by atoms with Crippen LogP contribution >= 0.6 is 11.3 Å². The maximum absolute atomic E-state index is 13.7. The lowest BCUT2D eigenvalue weighted by Gasteiger charge is -2.18. The number of anilines is 1. The first-order chi connectivity index (χ1) is 15.3. The molecular weight excluding hydrogens is 443 g/mol. The molecular formula is C22H16F3N3O3S. The Balaban J connectivity index is 1.56. The number of para-hydroxylation sites is 2. The summed E-state index contributed by atoms with van der Waals surface area (Å²) in [7, 11) is 0. The van der Waals surface area contributed by atoms with Crippen molar-refractivity contribution in [3.8, 4) is 0 Å². The van der Waals surface area contributed by atoms with Crippen molar-refractivity contribution in [3.63, 3.8) is 0 Å². The molecule has 164 valence electrons. The van der Waals surface area contributed by atoms with Crippen molar-refractivity contribution in [2.75, 3.05) is 18.1 Å². The summed E-state index contributed by atoms with van der Waals surface area (Å²) in [4.78, 5) is 34.8. The second-order valence-corrected chi connectivity index (χ2v) is 7.75. The molecule has 6 nitrogen and oxygen atoms in total. The van der Waals surface area contributed by atoms with E-state index in [0.29, 0.717) is 10.6 Å². The van der Waals surface area contributed by atoms with Crippen molar-refractivity contribution < 1.29 is 27.5 Å². The van der Waals surface area contributed by atoms with Crippen molar-refractivity contribution in [3.05, 3.63) is 65.9 Å². The van der Waals surface area contributed by atoms with E-state index in [-0.39, 0.29) is 17.4 Å². The smallest absolute Gasteiger partial charge is 0.417 e. The normalized spacial score (nSPS) is 11.6. The number of alkyl halides is 3. The van der Waals surface area contributed by atoms with Crippen molar-refractivity contribution in [2.24, 2.45) is 0 Å². The topological polar surface area (TPSA) is 72.4 Å². The molecule has 0 saturated carbocycles. The summed E-state index contributed by atoms with van der Waals surface area (Å²) in [5, 5.41) is 0.198. The molecule has 0 aliphatic rings. The average Bonchev–Trinajstić information content (AvgIpc) is 3.20. The Kier molecular flexibility index (Phi) is 5.79. The fraction of sp³-hybridized carbons (Fsp3) is 0.182. The standard InChI is InChI=1S/C22H16F3N3O3S/c1-2-28(21-27-16-9-5-6-10-17(16)32-21)18(29)12-31-20(30)14-11-26-15-8-4-3-7-13(15)19(14)22(23,24)25/h3-11H,2,12H2,1H3. The summed E-state index contributed by atoms with van der Waals surface area (Å²) in [5.74, 6) is -1.87. The maximum atomic E-state index is 13.7. The molecule has 0 saturated heterocycles. The highest BCUT2D eigenvalue weighted by atomic mass is 32.1. The van der Waals surface area contributed by atoms with Gasteiger partial charge in [0, 0.05) is 18.1 Å². The molecule has 1 amide bonds. The Morgan fingerprint density at radius 1 is 1.06 bits per heavy atom. The summed E-state index contributed by atoms with van der Waals surface area (Å²) >= 11 is 1.29. The number of thiazole rings is 1. The van der Waals surface area contributed by atoms with Gasteiger partial charge in [-0.2, -0.15) is 13.2 Å². The van der Waals surface area contributed by atoms with Gasteiger partial charge in [0.2, 0.25) is 0 Å². The first kappa shape index (κ1) is 21.7. The molecule has 0 unspecified atom stereocenters. The summed E-state index contributed by atoms with van der Waals surface area (Å²) in [6, 6.07) is 13.0. The molecule has 4 rings (SSSR count). The van der Waals surface area contributed by atoms with Crippen LogP contribution in [0.2, 0.25) is 0 Å². The zero-order valence-electron chi connectivity index (χ0n) is 16.7. The Morgan fingerprint density at radius 2 is 1.75 bits per heavy atom. The van der Waals surface area contributed by atoms with Gasteiger partial charge < -0.3 is 4.74 Å². The molecule has 0 N–H and O–H groups in total. The van der Waals surface area contributed by atoms with Gasteiger partial charge in [-0.05, 0) is 25.1 Å². The van der Waals surface area contributed by atoms with Crippen molar-refractivity contribution in [2.45, 2.75) is 13.1 Å². The monoisotopic (exact) mass is 459 g/mol. The van der Waals surface area contributed by atoms with Gasteiger partial charge in [0.1, 0.15) is 0 Å². The van der Waals surface area contributed by atoms with Crippen LogP contribution in [0.1, 0.15) is 22.8 Å². The summed E-state index contributed by atoms with van der Waals surface area (Å²) in [6.45, 7) is 1.25. The number of pyridine rings is 1. The van der Waals surface area contributed by atoms with E-state index < -0.39 is 35.8 Å². The molecule has 2 aromatic heterocycles. The number of aromatic nitrogens is 2. The van der Waals surface area contributed by atoms with Crippen LogP contribution in [0.25, 0.3) is 21.1 Å². The lowest BCUT2D eigenvalue weighted by atomic mass is 10.0. The number of likely N-dealkylation sites (N-methyl/N-ethyl adjacent to an activating group) is 1. The minimum absolute atomic E-state index is 0.0976. The second-order valence-electron chi connectivity index (χ2n) is 6.74. The Bertz CT molecular complexity index is 1290. The highest BCUT2D eigenvalue weighted by Crippen LogP contribution is 2.37. The number of rotatable bonds is 5. The van der Waals surface area contributed by atoms with E-state index in [1.54, 1.807) is 19.1 Å². The number of nitrogens with zero attached hydrogens (tertiary/aromatic N) is 3. The molecule has 0 bridgehead atoms. The molecule has 0 atom stereocenters. The van der Waals surface area contributed by atoms with Crippen molar-refractivity contribution in [1.82, 2.24) is 9.97 Å². The van der Waals surface area contributed by atoms with E-state index in [9.17, 15) is 22.8 Å². The predicted octanol–water partition coefficient (Wildman–Crippen LogP) is 5.07. The quantitative estimate of drug-likeness (QED) is 0.390. The molecule has 0 aliphatic carbocycles. The van der Waals surface area contributed by atoms with Gasteiger partial charge in [-0.1, -0.05) is 41.7 Å². The Labute approximate surface area is 184 Å². The molecule has 32 heavy (non-hydrogen) atoms. The number of halogens is 3. The number of fused-ring (bicyclic) bond motifs is 2. The van der Waals surface area contributed by atoms with Gasteiger partial charge in [-0.25, -0.2) is 9.78 Å². The van der Waals surface area contributed by atoms with Gasteiger partial charge >= 0.3 is 12.1 Å². The number of carbonyl (C=O) groups is 2. The van der Waals surface area contributed by atoms with Gasteiger partial charge in [0.05, 0.1) is 26.9 Å². The third-order valence-electron chi connectivity index (χ3n) is 4.74. The minimum Gasteiger partial charge on any atom is -0.452 e. The molecule has 10 heteroatoms. The van der Waals surface area contributed by atoms with E-state index in [1.807, 2.05) is 18.2 Å². The zero-order valence-corrected chi connectivity index (χ0v) is 17.5. The Hall–Kier alpha value is -3.53. The maximum Gasteiger partial charge on any atom is 0.417 e. The number of benzene rings is 2. The van der Waals surface area contributed by atoms with E-state index in [4.69, 9.17) is 4.74 Å². The first-order valence-corrected chi connectivity index (χ1v) is 10.4. The summed E-state index contributed by atoms with van der Waals surface area (Å²) in [6.07, 6.45) is -3.99. The van der Waals surface area contributed by atoms with Gasteiger partial charge in [-0.3, -0.25) is 14.7 Å². The predicted molar refractivity (Wildman–Crippen MR) is 115 cm³/mol. The SMILES string of the molecule is CCN(C(=O)COC(=O)c1cnc2ccccc2c1C(F)(F)F)c1nc2ccccc2s1. The van der Waals surface area contributed by atoms with Crippen LogP contribution in [0.4, 0.5) is 18.3 Å². The van der Waals surface area contributed by atoms with Gasteiger partial charge in [-0.15, -0.1) is 0 Å². The third kappa shape index (κ3) is 4.13. The Morgan fingerprint density at radius 3 is 2.44 bits per heavy atom. The van der Waals surface area contributed by atoms with Crippen molar-refractivity contribution >= 4 is 49.5 Å². The average molecular weight is 459 g/mol. The number of esters is 1. The van der Waals surface area contributed by atoms with Crippen molar-refractivity contribution in [1.29, 1.82) is 0 Å². The van der Waals surface area contributed by atoms with Crippen LogP contribution in [0.5, 0.6) is 0 Å². The number of hydrogen-bond donors (Lipinski definition) is 0. The molecule has 0 fully saturated rings. The van der Waals surface area contributed by atoms with Crippen LogP contribution in [0.3, 0.4) is 0 Å². The fourth-order valence-electron chi connectivity index (χ4n) is 3.28. The highest BCUT2D eigenvalue weighted by Gasteiger charge is 2.38. The van der Waals surface area contributed by atoms with Gasteiger partial charge in [0.15, 0.2) is 11.7 Å². The largest absolute Gasteiger partial charge is 0.452 e. The number of amides is 1. The second kappa shape index (κ2) is 8.54. The molecule has 0 spiro atoms. The van der Waals surface area contributed by atoms with Crippen LogP contribution < -0.4 is 4.90 Å². The fourth-order valence-corrected chi connectivity index (χ4v) is 4.32. The highest BCUT2D eigenvalue weighted by molar-refractivity contribution is 7.22. The number of carbonyl (C=O) groups excluding carboxylic acids is 2. The molecule has 2 aromatic carbocycles. The number of ether oxygens (including phenoxy) is 1. The molecule has 2 heterocycles. The van der Waals surface area contributed by atoms with Crippen LogP contribution in [-0.4, -0.2) is 35.0 Å².